The number of ether oxygens (including phenoxy) is 1. The van der Waals surface area contributed by atoms with E-state index >= 15 is 0 Å². The molecule has 1 atom stereocenters. The molecule has 1 unspecified atom stereocenters. The van der Waals surface area contributed by atoms with Gasteiger partial charge in [-0.25, -0.2) is 0 Å². The third kappa shape index (κ3) is 2.08. The van der Waals surface area contributed by atoms with Crippen molar-refractivity contribution in [3.8, 4) is 5.88 Å². The van der Waals surface area contributed by atoms with Crippen LogP contribution in [0.3, 0.4) is 0 Å². The molecule has 3 rings (SSSR count). The van der Waals surface area contributed by atoms with Crippen LogP contribution >= 0.6 is 0 Å². The van der Waals surface area contributed by atoms with Gasteiger partial charge in [0.1, 0.15) is 0 Å². The van der Waals surface area contributed by atoms with Crippen LogP contribution in [0.4, 0.5) is 0 Å². The van der Waals surface area contributed by atoms with Crippen LogP contribution in [0.5, 0.6) is 5.88 Å². The number of fused-ring (bicyclic) bond motifs is 1. The van der Waals surface area contributed by atoms with Crippen molar-refractivity contribution in [1.29, 1.82) is 0 Å². The van der Waals surface area contributed by atoms with Crippen molar-refractivity contribution >= 4 is 11.8 Å². The molecule has 1 aromatic rings. The third-order valence-electron chi connectivity index (χ3n) is 3.10. The fourth-order valence-electron chi connectivity index (χ4n) is 2.16. The summed E-state index contributed by atoms with van der Waals surface area (Å²) >= 11 is 0. The molecule has 96 valence electrons. The van der Waals surface area contributed by atoms with Gasteiger partial charge in [0.15, 0.2) is 6.10 Å². The first kappa shape index (κ1) is 11.2. The number of nitrogens with zero attached hydrogens (tertiary/aromatic N) is 2. The summed E-state index contributed by atoms with van der Waals surface area (Å²) < 4.78 is 7.42. The molecule has 2 aliphatic rings. The fourth-order valence-corrected chi connectivity index (χ4v) is 2.16. The van der Waals surface area contributed by atoms with Gasteiger partial charge in [0.2, 0.25) is 11.8 Å². The van der Waals surface area contributed by atoms with E-state index in [0.29, 0.717) is 18.7 Å². The van der Waals surface area contributed by atoms with Gasteiger partial charge in [0, 0.05) is 32.0 Å². The molecule has 2 aliphatic heterocycles. The lowest BCUT2D eigenvalue weighted by Gasteiger charge is -2.20. The van der Waals surface area contributed by atoms with Crippen molar-refractivity contribution in [3.63, 3.8) is 0 Å². The van der Waals surface area contributed by atoms with E-state index in [9.17, 15) is 9.59 Å². The average molecular weight is 250 g/mol. The quantitative estimate of drug-likeness (QED) is 0.669. The molecule has 0 bridgehead atoms. The van der Waals surface area contributed by atoms with Gasteiger partial charge in [-0.3, -0.25) is 19.6 Å². The number of amides is 2. The van der Waals surface area contributed by atoms with Gasteiger partial charge >= 0.3 is 0 Å². The summed E-state index contributed by atoms with van der Waals surface area (Å²) in [7, 11) is 0. The number of carbonyl (C=O) groups is 2. The van der Waals surface area contributed by atoms with Gasteiger partial charge in [-0.2, -0.15) is 0 Å². The van der Waals surface area contributed by atoms with Gasteiger partial charge in [-0.05, 0) is 0 Å². The summed E-state index contributed by atoms with van der Waals surface area (Å²) in [6, 6.07) is 1.83. The second-order valence-corrected chi connectivity index (χ2v) is 4.43. The molecule has 0 saturated carbocycles. The molecule has 1 saturated heterocycles. The maximum atomic E-state index is 11.5. The van der Waals surface area contributed by atoms with Crippen LogP contribution in [0.25, 0.3) is 0 Å². The van der Waals surface area contributed by atoms with E-state index in [0.717, 1.165) is 25.3 Å². The van der Waals surface area contributed by atoms with Crippen molar-refractivity contribution < 1.29 is 14.3 Å². The van der Waals surface area contributed by atoms with E-state index in [1.54, 1.807) is 0 Å². The van der Waals surface area contributed by atoms with E-state index < -0.39 is 6.10 Å². The lowest BCUT2D eigenvalue weighted by molar-refractivity contribution is -0.139. The number of piperidine rings is 1. The molecule has 1 fully saturated rings. The van der Waals surface area contributed by atoms with Crippen LogP contribution in [0.2, 0.25) is 0 Å². The molecule has 1 aromatic heterocycles. The summed E-state index contributed by atoms with van der Waals surface area (Å²) in [6.45, 7) is 2.44. The highest BCUT2D eigenvalue weighted by molar-refractivity contribution is 5.99. The van der Waals surface area contributed by atoms with Crippen LogP contribution in [0.15, 0.2) is 6.07 Å². The molecule has 18 heavy (non-hydrogen) atoms. The minimum atomic E-state index is -0.618. The predicted molar refractivity (Wildman–Crippen MR) is 60.7 cm³/mol. The topological polar surface area (TPSA) is 85.2 Å². The van der Waals surface area contributed by atoms with Crippen LogP contribution < -0.4 is 15.4 Å². The number of rotatable bonds is 2. The molecule has 3 heterocycles. The second-order valence-electron chi connectivity index (χ2n) is 4.43. The van der Waals surface area contributed by atoms with Gasteiger partial charge < -0.3 is 10.1 Å². The Hall–Kier alpha value is -1.89. The summed E-state index contributed by atoms with van der Waals surface area (Å²) in [5.41, 5.74) is 1.04. The normalized spacial score (nSPS) is 23.4. The highest BCUT2D eigenvalue weighted by Crippen LogP contribution is 2.18. The minimum Gasteiger partial charge on any atom is -0.463 e. The second kappa shape index (κ2) is 4.41. The number of hydrogen-bond donors (Lipinski definition) is 2. The smallest absolute Gasteiger partial charge is 0.267 e. The number of carbonyl (C=O) groups excluding carboxylic acids is 2. The average Bonchev–Trinajstić information content (AvgIpc) is 2.75. The molecule has 0 aliphatic carbocycles. The van der Waals surface area contributed by atoms with E-state index in [2.05, 4.69) is 15.7 Å². The molecular weight excluding hydrogens is 236 g/mol. The highest BCUT2D eigenvalue weighted by Gasteiger charge is 2.29. The van der Waals surface area contributed by atoms with Crippen LogP contribution in [0, 0.1) is 0 Å². The zero-order valence-corrected chi connectivity index (χ0v) is 9.81. The first-order valence-electron chi connectivity index (χ1n) is 6.00. The largest absolute Gasteiger partial charge is 0.463 e. The Bertz CT molecular complexity index is 473. The Morgan fingerprint density at radius 2 is 2.33 bits per heavy atom. The molecule has 2 N–H and O–H groups in total. The number of aromatic nitrogens is 2. The lowest BCUT2D eigenvalue weighted by atomic mass is 10.1. The van der Waals surface area contributed by atoms with Crippen LogP contribution in [0.1, 0.15) is 18.5 Å². The van der Waals surface area contributed by atoms with E-state index in [1.807, 2.05) is 10.7 Å². The molecule has 2 amide bonds. The molecule has 0 aromatic carbocycles. The van der Waals surface area contributed by atoms with Crippen molar-refractivity contribution in [2.45, 2.75) is 32.0 Å². The van der Waals surface area contributed by atoms with Crippen molar-refractivity contribution in [2.24, 2.45) is 0 Å². The number of imide groups is 1. The zero-order valence-electron chi connectivity index (χ0n) is 9.81. The first-order valence-corrected chi connectivity index (χ1v) is 6.00. The van der Waals surface area contributed by atoms with Gasteiger partial charge in [-0.1, -0.05) is 0 Å². The van der Waals surface area contributed by atoms with Crippen molar-refractivity contribution in [3.05, 3.63) is 11.8 Å². The standard InChI is InChI=1S/C11H14N4O3/c16-9-2-1-8(11(17)13-9)18-10-5-7-6-12-3-4-15(7)14-10/h5,8,12H,1-4,6H2,(H,13,16,17). The Morgan fingerprint density at radius 1 is 1.44 bits per heavy atom. The maximum absolute atomic E-state index is 11.5. The van der Waals surface area contributed by atoms with E-state index in [4.69, 9.17) is 4.74 Å². The zero-order chi connectivity index (χ0) is 12.5. The van der Waals surface area contributed by atoms with Crippen LogP contribution in [-0.4, -0.2) is 34.2 Å². The van der Waals surface area contributed by atoms with Crippen molar-refractivity contribution in [2.75, 3.05) is 6.54 Å². The molecule has 0 radical (unpaired) electrons. The SMILES string of the molecule is O=C1CCC(Oc2cc3n(n2)CCNC3)C(=O)N1. The lowest BCUT2D eigenvalue weighted by Crippen LogP contribution is -2.46. The Balaban J connectivity index is 1.70. The molecular formula is C11H14N4O3. The maximum Gasteiger partial charge on any atom is 0.267 e. The summed E-state index contributed by atoms with van der Waals surface area (Å²) in [4.78, 5) is 22.6. The molecule has 0 spiro atoms. The van der Waals surface area contributed by atoms with Crippen LogP contribution in [-0.2, 0) is 22.7 Å². The van der Waals surface area contributed by atoms with E-state index in [-0.39, 0.29) is 11.8 Å². The van der Waals surface area contributed by atoms with Gasteiger partial charge in [-0.15, -0.1) is 5.10 Å². The van der Waals surface area contributed by atoms with Gasteiger partial charge in [0.25, 0.3) is 5.91 Å². The molecule has 7 nitrogen and oxygen atoms in total. The van der Waals surface area contributed by atoms with E-state index in [1.165, 1.54) is 0 Å². The number of nitrogens with one attached hydrogen (secondary N) is 2. The Morgan fingerprint density at radius 3 is 3.11 bits per heavy atom. The summed E-state index contributed by atoms with van der Waals surface area (Å²) in [5, 5.41) is 9.78. The third-order valence-corrected chi connectivity index (χ3v) is 3.10. The predicted octanol–water partition coefficient (Wildman–Crippen LogP) is -0.830. The Kier molecular flexibility index (Phi) is 2.75. The summed E-state index contributed by atoms with van der Waals surface area (Å²) in [6.07, 6.45) is 0.101. The van der Waals surface area contributed by atoms with Gasteiger partial charge in [0.05, 0.1) is 12.2 Å². The fraction of sp³-hybridized carbons (Fsp3) is 0.545. The first-order chi connectivity index (χ1) is 8.72. The highest BCUT2D eigenvalue weighted by atomic mass is 16.5. The number of hydrogen-bond acceptors (Lipinski definition) is 5. The molecule has 7 heteroatoms. The summed E-state index contributed by atoms with van der Waals surface area (Å²) in [5.74, 6) is -0.174. The minimum absolute atomic E-state index is 0.242. The monoisotopic (exact) mass is 250 g/mol. The Labute approximate surface area is 103 Å². The van der Waals surface area contributed by atoms with Crippen molar-refractivity contribution in [1.82, 2.24) is 20.4 Å².